The van der Waals surface area contributed by atoms with Gasteiger partial charge in [0.25, 0.3) is 0 Å². The van der Waals surface area contributed by atoms with Crippen LogP contribution in [0, 0.1) is 5.41 Å². The van der Waals surface area contributed by atoms with E-state index in [0.717, 1.165) is 0 Å². The summed E-state index contributed by atoms with van der Waals surface area (Å²) in [5, 5.41) is 13.7. The molecule has 0 atom stereocenters. The van der Waals surface area contributed by atoms with Gasteiger partial charge in [-0.3, -0.25) is 9.59 Å². The Hall–Kier alpha value is -2.44. The van der Waals surface area contributed by atoms with Crippen LogP contribution in [-0.4, -0.2) is 34.4 Å². The number of anilines is 1. The van der Waals surface area contributed by atoms with E-state index in [2.05, 4.69) is 15.6 Å². The molecule has 0 bridgehead atoms. The molecule has 0 spiro atoms. The molecule has 1 rings (SSSR count). The quantitative estimate of drug-likeness (QED) is 0.758. The lowest BCUT2D eigenvalue weighted by atomic mass is 9.96. The molecule has 0 aromatic carbocycles. The highest BCUT2D eigenvalue weighted by molar-refractivity contribution is 5.95. The lowest BCUT2D eigenvalue weighted by Gasteiger charge is -2.17. The van der Waals surface area contributed by atoms with Crippen molar-refractivity contribution in [2.45, 2.75) is 20.8 Å². The number of rotatable bonds is 4. The van der Waals surface area contributed by atoms with Gasteiger partial charge in [0.2, 0.25) is 11.8 Å². The van der Waals surface area contributed by atoms with Gasteiger partial charge in [-0.1, -0.05) is 20.8 Å². The molecule has 1 heterocycles. The molecule has 1 aromatic heterocycles. The summed E-state index contributed by atoms with van der Waals surface area (Å²) in [6, 6.07) is 2.71. The molecule has 0 fully saturated rings. The first-order chi connectivity index (χ1) is 9.20. The minimum Gasteiger partial charge on any atom is -0.477 e. The fraction of sp³-hybridized carbons (Fsp3) is 0.385. The van der Waals surface area contributed by atoms with Gasteiger partial charge in [0.1, 0.15) is 5.69 Å². The first kappa shape index (κ1) is 15.6. The fourth-order valence-electron chi connectivity index (χ4n) is 1.23. The normalized spacial score (nSPS) is 10.8. The molecular weight excluding hydrogens is 262 g/mol. The zero-order chi connectivity index (χ0) is 15.3. The number of carbonyl (C=O) groups is 3. The molecule has 0 unspecified atom stereocenters. The fourth-order valence-corrected chi connectivity index (χ4v) is 1.23. The first-order valence-electron chi connectivity index (χ1n) is 5.97. The number of carboxylic acid groups (broad SMARTS) is 1. The van der Waals surface area contributed by atoms with Crippen molar-refractivity contribution in [2.24, 2.45) is 5.41 Å². The Bertz CT molecular complexity index is 517. The molecule has 0 saturated carbocycles. The summed E-state index contributed by atoms with van der Waals surface area (Å²) in [6.45, 7) is 5.08. The Kier molecular flexibility index (Phi) is 4.79. The molecule has 0 saturated heterocycles. The third kappa shape index (κ3) is 4.68. The van der Waals surface area contributed by atoms with Crippen molar-refractivity contribution in [3.63, 3.8) is 0 Å². The summed E-state index contributed by atoms with van der Waals surface area (Å²) >= 11 is 0. The van der Waals surface area contributed by atoms with Crippen LogP contribution in [0.4, 0.5) is 5.69 Å². The number of hydrogen-bond acceptors (Lipinski definition) is 4. The van der Waals surface area contributed by atoms with Crippen LogP contribution in [0.3, 0.4) is 0 Å². The molecule has 0 aliphatic carbocycles. The summed E-state index contributed by atoms with van der Waals surface area (Å²) in [5.41, 5.74) is -0.306. The molecule has 3 N–H and O–H groups in total. The third-order valence-corrected chi connectivity index (χ3v) is 2.36. The molecule has 2 amide bonds. The predicted molar refractivity (Wildman–Crippen MR) is 72.3 cm³/mol. The molecule has 0 aliphatic heterocycles. The second-order valence-corrected chi connectivity index (χ2v) is 5.22. The van der Waals surface area contributed by atoms with E-state index in [-0.39, 0.29) is 18.1 Å². The molecule has 108 valence electrons. The number of amides is 2. The molecule has 0 radical (unpaired) electrons. The van der Waals surface area contributed by atoms with Gasteiger partial charge < -0.3 is 15.7 Å². The number of aromatic carboxylic acids is 1. The van der Waals surface area contributed by atoms with Gasteiger partial charge in [-0.05, 0) is 12.1 Å². The van der Waals surface area contributed by atoms with Crippen molar-refractivity contribution < 1.29 is 19.5 Å². The molecule has 7 nitrogen and oxygen atoms in total. The Morgan fingerprint density at radius 2 is 1.90 bits per heavy atom. The largest absolute Gasteiger partial charge is 0.477 e. The van der Waals surface area contributed by atoms with E-state index < -0.39 is 17.3 Å². The molecular formula is C13H17N3O4. The first-order valence-corrected chi connectivity index (χ1v) is 5.97. The van der Waals surface area contributed by atoms with Crippen LogP contribution in [0.2, 0.25) is 0 Å². The van der Waals surface area contributed by atoms with Crippen molar-refractivity contribution in [1.29, 1.82) is 0 Å². The van der Waals surface area contributed by atoms with Crippen LogP contribution >= 0.6 is 0 Å². The van der Waals surface area contributed by atoms with Gasteiger partial charge in [0.05, 0.1) is 18.4 Å². The summed E-state index contributed by atoms with van der Waals surface area (Å²) in [6.07, 6.45) is 1.24. The highest BCUT2D eigenvalue weighted by Gasteiger charge is 2.21. The Morgan fingerprint density at radius 3 is 2.35 bits per heavy atom. The van der Waals surface area contributed by atoms with Crippen LogP contribution in [0.1, 0.15) is 31.3 Å². The summed E-state index contributed by atoms with van der Waals surface area (Å²) in [4.78, 5) is 37.4. The summed E-state index contributed by atoms with van der Waals surface area (Å²) < 4.78 is 0. The maximum atomic E-state index is 11.6. The summed E-state index contributed by atoms with van der Waals surface area (Å²) in [7, 11) is 0. The number of hydrogen-bond donors (Lipinski definition) is 3. The average molecular weight is 279 g/mol. The highest BCUT2D eigenvalue weighted by atomic mass is 16.4. The topological polar surface area (TPSA) is 108 Å². The zero-order valence-electron chi connectivity index (χ0n) is 11.6. The van der Waals surface area contributed by atoms with E-state index in [1.54, 1.807) is 20.8 Å². The number of pyridine rings is 1. The maximum Gasteiger partial charge on any atom is 0.354 e. The van der Waals surface area contributed by atoms with Gasteiger partial charge in [-0.15, -0.1) is 0 Å². The van der Waals surface area contributed by atoms with E-state index in [1.165, 1.54) is 18.3 Å². The predicted octanol–water partition coefficient (Wildman–Crippen LogP) is 0.881. The van der Waals surface area contributed by atoms with Crippen molar-refractivity contribution in [3.05, 3.63) is 24.0 Å². The smallest absolute Gasteiger partial charge is 0.354 e. The van der Waals surface area contributed by atoms with Gasteiger partial charge in [-0.25, -0.2) is 9.78 Å². The summed E-state index contributed by atoms with van der Waals surface area (Å²) in [5.74, 6) is -1.78. The second-order valence-electron chi connectivity index (χ2n) is 5.22. The van der Waals surface area contributed by atoms with E-state index in [1.807, 2.05) is 0 Å². The van der Waals surface area contributed by atoms with Crippen LogP contribution in [0.5, 0.6) is 0 Å². The van der Waals surface area contributed by atoms with Crippen LogP contribution in [0.25, 0.3) is 0 Å². The molecule has 1 aromatic rings. The number of carboxylic acids is 1. The number of aromatic nitrogens is 1. The number of nitrogens with zero attached hydrogens (tertiary/aromatic N) is 1. The standard InChI is InChI=1S/C13H17N3O4/c1-13(2,3)12(20)15-7-10(17)16-8-4-5-9(11(18)19)14-6-8/h4-6H,7H2,1-3H3,(H,15,20)(H,16,17)(H,18,19). The number of nitrogens with one attached hydrogen (secondary N) is 2. The minimum atomic E-state index is -1.14. The molecule has 0 aliphatic rings. The SMILES string of the molecule is CC(C)(C)C(=O)NCC(=O)Nc1ccc(C(=O)O)nc1. The van der Waals surface area contributed by atoms with E-state index >= 15 is 0 Å². The van der Waals surface area contributed by atoms with Gasteiger partial charge in [0.15, 0.2) is 0 Å². The monoisotopic (exact) mass is 279 g/mol. The lowest BCUT2D eigenvalue weighted by molar-refractivity contribution is -0.130. The van der Waals surface area contributed by atoms with Crippen molar-refractivity contribution in [3.8, 4) is 0 Å². The average Bonchev–Trinajstić information content (AvgIpc) is 2.35. The van der Waals surface area contributed by atoms with Crippen molar-refractivity contribution >= 4 is 23.5 Å². The van der Waals surface area contributed by atoms with Crippen LogP contribution < -0.4 is 10.6 Å². The third-order valence-electron chi connectivity index (χ3n) is 2.36. The van der Waals surface area contributed by atoms with Crippen molar-refractivity contribution in [2.75, 3.05) is 11.9 Å². The van der Waals surface area contributed by atoms with Crippen molar-refractivity contribution in [1.82, 2.24) is 10.3 Å². The Balaban J connectivity index is 2.51. The minimum absolute atomic E-state index is 0.107. The van der Waals surface area contributed by atoms with E-state index in [4.69, 9.17) is 5.11 Å². The van der Waals surface area contributed by atoms with E-state index in [0.29, 0.717) is 5.69 Å². The highest BCUT2D eigenvalue weighted by Crippen LogP contribution is 2.12. The maximum absolute atomic E-state index is 11.6. The van der Waals surface area contributed by atoms with Gasteiger partial charge >= 0.3 is 5.97 Å². The number of carbonyl (C=O) groups excluding carboxylic acids is 2. The van der Waals surface area contributed by atoms with Gasteiger partial charge in [0, 0.05) is 5.41 Å². The zero-order valence-corrected chi connectivity index (χ0v) is 11.6. The van der Waals surface area contributed by atoms with Gasteiger partial charge in [-0.2, -0.15) is 0 Å². The van der Waals surface area contributed by atoms with E-state index in [9.17, 15) is 14.4 Å². The molecule has 7 heteroatoms. The Morgan fingerprint density at radius 1 is 1.25 bits per heavy atom. The second kappa shape index (κ2) is 6.14. The van der Waals surface area contributed by atoms with Crippen LogP contribution in [-0.2, 0) is 9.59 Å². The Labute approximate surface area is 116 Å². The van der Waals surface area contributed by atoms with Crippen LogP contribution in [0.15, 0.2) is 18.3 Å². The lowest BCUT2D eigenvalue weighted by Crippen LogP contribution is -2.39. The molecule has 20 heavy (non-hydrogen) atoms.